The summed E-state index contributed by atoms with van der Waals surface area (Å²) in [5, 5.41) is 0. The third kappa shape index (κ3) is 0.947. The molecule has 0 saturated carbocycles. The highest BCUT2D eigenvalue weighted by atomic mass is 16.5. The third-order valence-corrected chi connectivity index (χ3v) is 1.87. The summed E-state index contributed by atoms with van der Waals surface area (Å²) < 4.78 is 5.10. The zero-order chi connectivity index (χ0) is 8.55. The lowest BCUT2D eigenvalue weighted by atomic mass is 10.1. The molecule has 0 spiro atoms. The van der Waals surface area contributed by atoms with Crippen molar-refractivity contribution >= 4 is 5.91 Å². The van der Waals surface area contributed by atoms with Crippen LogP contribution in [0.2, 0.25) is 0 Å². The van der Waals surface area contributed by atoms with Crippen molar-refractivity contribution in [2.45, 2.75) is 12.5 Å². The fourth-order valence-electron chi connectivity index (χ4n) is 1.29. The van der Waals surface area contributed by atoms with Gasteiger partial charge in [0.25, 0.3) is 0 Å². The van der Waals surface area contributed by atoms with Crippen molar-refractivity contribution in [3.63, 3.8) is 0 Å². The highest BCUT2D eigenvalue weighted by Gasteiger charge is 2.30. The number of carbonyl (C=O) groups is 1. The zero-order valence-corrected chi connectivity index (χ0v) is 6.33. The number of allylic oxidation sites excluding steroid dienone is 1. The lowest BCUT2D eigenvalue weighted by molar-refractivity contribution is -0.119. The number of hydrogen-bond donors (Lipinski definition) is 3. The zero-order valence-electron chi connectivity index (χ0n) is 6.33. The number of primary amides is 1. The normalized spacial score (nSPS) is 26.2. The SMILES string of the molecule is NC(=O)C1NNC2=C1CC=CO2. The van der Waals surface area contributed by atoms with Crippen LogP contribution in [0.4, 0.5) is 0 Å². The van der Waals surface area contributed by atoms with Crippen LogP contribution in [-0.4, -0.2) is 11.9 Å². The van der Waals surface area contributed by atoms with E-state index in [0.29, 0.717) is 12.3 Å². The van der Waals surface area contributed by atoms with Crippen molar-refractivity contribution in [2.24, 2.45) is 5.73 Å². The number of nitrogens with one attached hydrogen (secondary N) is 2. The van der Waals surface area contributed by atoms with Gasteiger partial charge in [-0.3, -0.25) is 10.2 Å². The van der Waals surface area contributed by atoms with Crippen molar-refractivity contribution < 1.29 is 9.53 Å². The van der Waals surface area contributed by atoms with E-state index < -0.39 is 11.9 Å². The summed E-state index contributed by atoms with van der Waals surface area (Å²) in [4.78, 5) is 10.9. The topological polar surface area (TPSA) is 76.4 Å². The number of hydrazine groups is 1. The predicted octanol–water partition coefficient (Wildman–Crippen LogP) is -0.906. The Hall–Kier alpha value is -1.49. The summed E-state index contributed by atoms with van der Waals surface area (Å²) in [6.45, 7) is 0. The summed E-state index contributed by atoms with van der Waals surface area (Å²) in [5.74, 6) is 0.202. The molecule has 5 nitrogen and oxygen atoms in total. The third-order valence-electron chi connectivity index (χ3n) is 1.87. The number of hydrogen-bond acceptors (Lipinski definition) is 4. The molecule has 2 aliphatic heterocycles. The van der Waals surface area contributed by atoms with E-state index in [0.717, 1.165) is 5.57 Å². The fraction of sp³-hybridized carbons (Fsp3) is 0.286. The summed E-state index contributed by atoms with van der Waals surface area (Å²) in [6.07, 6.45) is 4.11. The van der Waals surface area contributed by atoms with E-state index in [2.05, 4.69) is 10.9 Å². The van der Waals surface area contributed by atoms with E-state index in [1.54, 1.807) is 6.26 Å². The monoisotopic (exact) mass is 167 g/mol. The predicted molar refractivity (Wildman–Crippen MR) is 41.1 cm³/mol. The van der Waals surface area contributed by atoms with Gasteiger partial charge in [-0.2, -0.15) is 0 Å². The standard InChI is InChI=1S/C7H9N3O2/c8-6(11)5-4-2-1-3-12-7(4)10-9-5/h1,3,5,9-10H,2H2,(H2,8,11). The molecule has 4 N–H and O–H groups in total. The van der Waals surface area contributed by atoms with E-state index in [1.807, 2.05) is 6.08 Å². The Morgan fingerprint density at radius 1 is 1.75 bits per heavy atom. The van der Waals surface area contributed by atoms with Crippen LogP contribution in [0.1, 0.15) is 6.42 Å². The smallest absolute Gasteiger partial charge is 0.240 e. The van der Waals surface area contributed by atoms with Crippen molar-refractivity contribution in [1.29, 1.82) is 0 Å². The molecule has 2 heterocycles. The molecule has 1 unspecified atom stereocenters. The van der Waals surface area contributed by atoms with Gasteiger partial charge in [0.1, 0.15) is 6.04 Å². The Labute approximate surface area is 69.2 Å². The van der Waals surface area contributed by atoms with Gasteiger partial charge in [-0.1, -0.05) is 0 Å². The van der Waals surface area contributed by atoms with Gasteiger partial charge in [0.15, 0.2) is 0 Å². The minimum absolute atomic E-state index is 0.397. The maximum Gasteiger partial charge on any atom is 0.240 e. The molecular weight excluding hydrogens is 158 g/mol. The molecule has 1 amide bonds. The van der Waals surface area contributed by atoms with Crippen molar-refractivity contribution in [3.05, 3.63) is 23.8 Å². The molecule has 1 atom stereocenters. The Bertz CT molecular complexity index is 282. The van der Waals surface area contributed by atoms with Crippen LogP contribution in [-0.2, 0) is 9.53 Å². The van der Waals surface area contributed by atoms with Crippen LogP contribution < -0.4 is 16.6 Å². The maximum atomic E-state index is 10.9. The molecule has 2 rings (SSSR count). The summed E-state index contributed by atoms with van der Waals surface area (Å²) >= 11 is 0. The first kappa shape index (κ1) is 7.17. The molecule has 0 saturated heterocycles. The lowest BCUT2D eigenvalue weighted by Crippen LogP contribution is -2.42. The van der Waals surface area contributed by atoms with Gasteiger partial charge in [0.05, 0.1) is 6.26 Å². The number of amides is 1. The largest absolute Gasteiger partial charge is 0.448 e. The average Bonchev–Trinajstić information content (AvgIpc) is 2.47. The van der Waals surface area contributed by atoms with E-state index in [9.17, 15) is 4.79 Å². The van der Waals surface area contributed by atoms with Crippen molar-refractivity contribution in [3.8, 4) is 0 Å². The first-order valence-electron chi connectivity index (χ1n) is 3.64. The molecule has 0 fully saturated rings. The van der Waals surface area contributed by atoms with Crippen molar-refractivity contribution in [1.82, 2.24) is 10.9 Å². The molecule has 0 bridgehead atoms. The Morgan fingerprint density at radius 2 is 2.58 bits per heavy atom. The minimum Gasteiger partial charge on any atom is -0.448 e. The molecule has 2 aliphatic rings. The van der Waals surface area contributed by atoms with Crippen LogP contribution >= 0.6 is 0 Å². The molecule has 5 heteroatoms. The van der Waals surface area contributed by atoms with E-state index >= 15 is 0 Å². The Morgan fingerprint density at radius 3 is 3.33 bits per heavy atom. The van der Waals surface area contributed by atoms with Gasteiger partial charge in [0.2, 0.25) is 11.8 Å². The Balaban J connectivity index is 2.22. The van der Waals surface area contributed by atoms with E-state index in [4.69, 9.17) is 10.5 Å². The number of ether oxygens (including phenoxy) is 1. The van der Waals surface area contributed by atoms with E-state index in [-0.39, 0.29) is 0 Å². The first-order valence-corrected chi connectivity index (χ1v) is 3.64. The Kier molecular flexibility index (Phi) is 1.51. The molecule has 0 aromatic rings. The fourth-order valence-corrected chi connectivity index (χ4v) is 1.29. The van der Waals surface area contributed by atoms with Crippen LogP contribution in [0, 0.1) is 0 Å². The van der Waals surface area contributed by atoms with E-state index in [1.165, 1.54) is 0 Å². The average molecular weight is 167 g/mol. The number of carbonyl (C=O) groups excluding carboxylic acids is 1. The molecule has 0 radical (unpaired) electrons. The second-order valence-electron chi connectivity index (χ2n) is 2.65. The van der Waals surface area contributed by atoms with Crippen LogP contribution in [0.25, 0.3) is 0 Å². The van der Waals surface area contributed by atoms with Gasteiger partial charge in [-0.25, -0.2) is 5.43 Å². The summed E-state index contributed by atoms with van der Waals surface area (Å²) in [6, 6.07) is -0.440. The van der Waals surface area contributed by atoms with Crippen LogP contribution in [0.5, 0.6) is 0 Å². The highest BCUT2D eigenvalue weighted by Crippen LogP contribution is 2.21. The number of rotatable bonds is 1. The minimum atomic E-state index is -0.440. The lowest BCUT2D eigenvalue weighted by Gasteiger charge is -2.09. The van der Waals surface area contributed by atoms with Gasteiger partial charge in [0, 0.05) is 5.57 Å². The van der Waals surface area contributed by atoms with Gasteiger partial charge in [-0.05, 0) is 12.5 Å². The molecule has 0 aliphatic carbocycles. The molecule has 12 heavy (non-hydrogen) atoms. The summed E-state index contributed by atoms with van der Waals surface area (Å²) in [7, 11) is 0. The van der Waals surface area contributed by atoms with Crippen LogP contribution in [0.3, 0.4) is 0 Å². The van der Waals surface area contributed by atoms with Crippen molar-refractivity contribution in [2.75, 3.05) is 0 Å². The summed E-state index contributed by atoms with van der Waals surface area (Å²) in [5.41, 5.74) is 11.5. The number of nitrogens with two attached hydrogens (primary N) is 1. The maximum absolute atomic E-state index is 10.9. The second kappa shape index (κ2) is 2.53. The van der Waals surface area contributed by atoms with Gasteiger partial charge < -0.3 is 10.5 Å². The van der Waals surface area contributed by atoms with Crippen LogP contribution in [0.15, 0.2) is 23.8 Å². The highest BCUT2D eigenvalue weighted by molar-refractivity contribution is 5.84. The first-order chi connectivity index (χ1) is 5.79. The quantitative estimate of drug-likeness (QED) is 0.472. The molecule has 64 valence electrons. The van der Waals surface area contributed by atoms with Gasteiger partial charge in [-0.15, -0.1) is 0 Å². The molecule has 0 aromatic heterocycles. The van der Waals surface area contributed by atoms with Gasteiger partial charge >= 0.3 is 0 Å². The second-order valence-corrected chi connectivity index (χ2v) is 2.65. The molecular formula is C7H9N3O2. The molecule has 0 aromatic carbocycles.